The summed E-state index contributed by atoms with van der Waals surface area (Å²) in [6.07, 6.45) is 10.7. The lowest BCUT2D eigenvalue weighted by Gasteiger charge is -2.33. The maximum absolute atomic E-state index is 13.0. The van der Waals surface area contributed by atoms with Crippen LogP contribution in [0, 0.1) is 11.3 Å². The third-order valence-electron chi connectivity index (χ3n) is 7.04. The van der Waals surface area contributed by atoms with Gasteiger partial charge in [-0.15, -0.1) is 0 Å². The Hall–Kier alpha value is -2.19. The van der Waals surface area contributed by atoms with Crippen LogP contribution in [0.5, 0.6) is 5.88 Å². The first-order valence-corrected chi connectivity index (χ1v) is 12.1. The van der Waals surface area contributed by atoms with Gasteiger partial charge in [-0.3, -0.25) is 5.32 Å². The first kappa shape index (κ1) is 20.7. The van der Waals surface area contributed by atoms with Gasteiger partial charge in [-0.1, -0.05) is 24.3 Å². The molecule has 4 heterocycles. The van der Waals surface area contributed by atoms with E-state index in [2.05, 4.69) is 23.3 Å². The zero-order valence-electron chi connectivity index (χ0n) is 18.3. The van der Waals surface area contributed by atoms with E-state index in [0.29, 0.717) is 16.9 Å². The van der Waals surface area contributed by atoms with E-state index < -0.39 is 0 Å². The number of allylic oxidation sites excluding steroid dienone is 2. The normalized spacial score (nSPS) is 23.2. The minimum absolute atomic E-state index is 0.0681. The van der Waals surface area contributed by atoms with Gasteiger partial charge >= 0.3 is 6.03 Å². The van der Waals surface area contributed by atoms with Crippen LogP contribution in [-0.4, -0.2) is 54.3 Å². The summed E-state index contributed by atoms with van der Waals surface area (Å²) in [5, 5.41) is 3.65. The molecule has 1 atom stereocenters. The molecule has 2 aromatic rings. The Morgan fingerprint density at radius 1 is 1.35 bits per heavy atom. The number of aromatic nitrogens is 2. The van der Waals surface area contributed by atoms with E-state index in [1.807, 2.05) is 11.1 Å². The van der Waals surface area contributed by atoms with E-state index in [0.717, 1.165) is 74.2 Å². The lowest BCUT2D eigenvalue weighted by Crippen LogP contribution is -2.37. The van der Waals surface area contributed by atoms with Crippen LogP contribution in [0.2, 0.25) is 0 Å². The summed E-state index contributed by atoms with van der Waals surface area (Å²) in [5.41, 5.74) is 3.39. The Balaban J connectivity index is 1.38. The van der Waals surface area contributed by atoms with E-state index in [4.69, 9.17) is 14.5 Å². The average Bonchev–Trinajstić information content (AvgIpc) is 3.38. The molecular weight excluding hydrogens is 412 g/mol. The predicted molar refractivity (Wildman–Crippen MR) is 123 cm³/mol. The van der Waals surface area contributed by atoms with Gasteiger partial charge in [0, 0.05) is 38.1 Å². The minimum Gasteiger partial charge on any atom is -0.479 e. The van der Waals surface area contributed by atoms with Crippen molar-refractivity contribution in [3.63, 3.8) is 0 Å². The number of rotatable bonds is 3. The van der Waals surface area contributed by atoms with Gasteiger partial charge in [0.05, 0.1) is 11.8 Å². The molecule has 1 aliphatic carbocycles. The fourth-order valence-electron chi connectivity index (χ4n) is 5.14. The number of nitrogens with one attached hydrogen (secondary N) is 1. The van der Waals surface area contributed by atoms with Gasteiger partial charge in [0.2, 0.25) is 5.88 Å². The van der Waals surface area contributed by atoms with Gasteiger partial charge in [-0.2, -0.15) is 0 Å². The van der Waals surface area contributed by atoms with Crippen LogP contribution in [0.4, 0.5) is 9.93 Å². The Morgan fingerprint density at radius 2 is 2.19 bits per heavy atom. The third kappa shape index (κ3) is 4.03. The summed E-state index contributed by atoms with van der Waals surface area (Å²) < 4.78 is 12.0. The molecule has 2 saturated heterocycles. The van der Waals surface area contributed by atoms with E-state index in [9.17, 15) is 4.79 Å². The molecule has 2 aliphatic heterocycles. The highest BCUT2D eigenvalue weighted by atomic mass is 32.1. The van der Waals surface area contributed by atoms with Crippen molar-refractivity contribution in [1.82, 2.24) is 14.9 Å². The zero-order valence-corrected chi connectivity index (χ0v) is 19.1. The third-order valence-corrected chi connectivity index (χ3v) is 8.04. The van der Waals surface area contributed by atoms with Gasteiger partial charge in [0.15, 0.2) is 5.13 Å². The van der Waals surface area contributed by atoms with E-state index in [-0.39, 0.29) is 11.4 Å². The largest absolute Gasteiger partial charge is 0.479 e. The molecule has 1 spiro atoms. The monoisotopic (exact) mass is 442 g/mol. The maximum Gasteiger partial charge on any atom is 0.323 e. The van der Waals surface area contributed by atoms with Gasteiger partial charge in [-0.25, -0.2) is 14.8 Å². The summed E-state index contributed by atoms with van der Waals surface area (Å²) in [4.78, 5) is 24.1. The summed E-state index contributed by atoms with van der Waals surface area (Å²) >= 11 is 1.51. The number of urea groups is 1. The number of nitrogens with zero attached hydrogens (tertiary/aromatic N) is 3. The van der Waals surface area contributed by atoms with Crippen molar-refractivity contribution in [2.24, 2.45) is 11.3 Å². The average molecular weight is 443 g/mol. The number of fused-ring (bicyclic) bond motifs is 1. The van der Waals surface area contributed by atoms with Crippen LogP contribution >= 0.6 is 11.3 Å². The Morgan fingerprint density at radius 3 is 2.97 bits per heavy atom. The second kappa shape index (κ2) is 8.39. The number of methoxy groups -OCH3 is 1. The number of amides is 2. The summed E-state index contributed by atoms with van der Waals surface area (Å²) in [6.45, 7) is 5.49. The molecule has 1 N–H and O–H groups in total. The van der Waals surface area contributed by atoms with Crippen molar-refractivity contribution in [2.75, 3.05) is 38.7 Å². The first-order valence-electron chi connectivity index (χ1n) is 11.2. The van der Waals surface area contributed by atoms with Crippen molar-refractivity contribution in [2.45, 2.75) is 45.4 Å². The number of ether oxygens (including phenoxy) is 2. The van der Waals surface area contributed by atoms with Crippen LogP contribution < -0.4 is 10.1 Å². The quantitative estimate of drug-likeness (QED) is 0.729. The van der Waals surface area contributed by atoms with E-state index in [1.54, 1.807) is 7.11 Å². The lowest BCUT2D eigenvalue weighted by molar-refractivity contribution is 0.0211. The van der Waals surface area contributed by atoms with Gasteiger partial charge in [0.25, 0.3) is 0 Å². The molecule has 5 rings (SSSR count). The highest BCUT2D eigenvalue weighted by Crippen LogP contribution is 2.42. The molecule has 7 nitrogen and oxygen atoms in total. The highest BCUT2D eigenvalue weighted by molar-refractivity contribution is 7.22. The van der Waals surface area contributed by atoms with Crippen molar-refractivity contribution in [3.05, 3.63) is 17.8 Å². The Labute approximate surface area is 186 Å². The molecule has 0 radical (unpaired) electrons. The van der Waals surface area contributed by atoms with Gasteiger partial charge in [0.1, 0.15) is 5.52 Å². The Bertz CT molecular complexity index is 1010. The molecule has 0 saturated carbocycles. The summed E-state index contributed by atoms with van der Waals surface area (Å²) in [7, 11) is 1.61. The SMILES string of the molecule is COc1ncc(C2=CCCC(C)C2)c2sc(NC(=O)N3CCC4(CCOCC4)C3)nc12. The van der Waals surface area contributed by atoms with Crippen molar-refractivity contribution >= 4 is 38.3 Å². The van der Waals surface area contributed by atoms with E-state index >= 15 is 0 Å². The molecular formula is C23H30N4O3S. The molecule has 166 valence electrons. The highest BCUT2D eigenvalue weighted by Gasteiger charge is 2.41. The van der Waals surface area contributed by atoms with Crippen LogP contribution in [0.25, 0.3) is 15.8 Å². The Kier molecular flexibility index (Phi) is 5.60. The molecule has 0 bridgehead atoms. The zero-order chi connectivity index (χ0) is 21.4. The van der Waals surface area contributed by atoms with Crippen LogP contribution in [-0.2, 0) is 4.74 Å². The standard InChI is InChI=1S/C23H30N4O3S/c1-15-4-3-5-16(12-15)17-13-24-20(29-2)18-19(17)31-21(25-18)26-22(28)27-9-6-23(14-27)7-10-30-11-8-23/h5,13,15H,3-4,6-12,14H2,1-2H3,(H,25,26,28). The molecule has 2 aromatic heterocycles. The number of carbonyl (C=O) groups is 1. The van der Waals surface area contributed by atoms with Crippen molar-refractivity contribution < 1.29 is 14.3 Å². The second-order valence-electron chi connectivity index (χ2n) is 9.21. The number of thiazole rings is 1. The van der Waals surface area contributed by atoms with Gasteiger partial charge in [-0.05, 0) is 55.4 Å². The minimum atomic E-state index is -0.0681. The number of likely N-dealkylation sites (tertiary alicyclic amines) is 1. The van der Waals surface area contributed by atoms with E-state index in [1.165, 1.54) is 23.3 Å². The topological polar surface area (TPSA) is 76.6 Å². The molecule has 8 heteroatoms. The van der Waals surface area contributed by atoms with Crippen LogP contribution in [0.1, 0.15) is 51.0 Å². The van der Waals surface area contributed by atoms with Crippen molar-refractivity contribution in [1.29, 1.82) is 0 Å². The molecule has 3 aliphatic rings. The number of hydrogen-bond donors (Lipinski definition) is 1. The maximum atomic E-state index is 13.0. The lowest BCUT2D eigenvalue weighted by atomic mass is 9.80. The van der Waals surface area contributed by atoms with Crippen LogP contribution in [0.3, 0.4) is 0 Å². The molecule has 2 amide bonds. The molecule has 31 heavy (non-hydrogen) atoms. The van der Waals surface area contributed by atoms with Crippen LogP contribution in [0.15, 0.2) is 12.3 Å². The molecule has 1 unspecified atom stereocenters. The number of anilines is 1. The summed E-state index contributed by atoms with van der Waals surface area (Å²) in [6, 6.07) is -0.0681. The number of pyridine rings is 1. The smallest absolute Gasteiger partial charge is 0.323 e. The first-order chi connectivity index (χ1) is 15.1. The molecule has 2 fully saturated rings. The number of carbonyl (C=O) groups excluding carboxylic acids is 1. The predicted octanol–water partition coefficient (Wildman–Crippen LogP) is 4.94. The summed E-state index contributed by atoms with van der Waals surface area (Å²) in [5.74, 6) is 1.17. The van der Waals surface area contributed by atoms with Crippen molar-refractivity contribution in [3.8, 4) is 5.88 Å². The fourth-order valence-corrected chi connectivity index (χ4v) is 6.13. The number of hydrogen-bond acceptors (Lipinski definition) is 6. The second-order valence-corrected chi connectivity index (χ2v) is 10.2. The fraction of sp³-hybridized carbons (Fsp3) is 0.609. The molecule has 0 aromatic carbocycles. The van der Waals surface area contributed by atoms with Gasteiger partial charge < -0.3 is 14.4 Å².